The van der Waals surface area contributed by atoms with Crippen molar-refractivity contribution in [2.45, 2.75) is 70.3 Å². The van der Waals surface area contributed by atoms with E-state index in [0.29, 0.717) is 6.10 Å². The van der Waals surface area contributed by atoms with Gasteiger partial charge < -0.3 is 9.84 Å². The van der Waals surface area contributed by atoms with Crippen LogP contribution in [0.15, 0.2) is 18.2 Å². The number of benzene rings is 1. The van der Waals surface area contributed by atoms with Gasteiger partial charge in [-0.15, -0.1) is 0 Å². The molecule has 125 valence electrons. The first-order chi connectivity index (χ1) is 10.8. The molecule has 2 nitrogen and oxygen atoms in total. The molecule has 0 atom stereocenters. The van der Waals surface area contributed by atoms with Crippen molar-refractivity contribution >= 4 is 0 Å². The fourth-order valence-corrected chi connectivity index (χ4v) is 4.52. The van der Waals surface area contributed by atoms with Crippen LogP contribution in [0.1, 0.15) is 68.4 Å². The van der Waals surface area contributed by atoms with Crippen molar-refractivity contribution in [3.05, 3.63) is 35.4 Å². The molecular formula is C20H29O2Y-. The molecule has 0 amide bonds. The Kier molecular flexibility index (Phi) is 8.21. The Morgan fingerprint density at radius 1 is 1.00 bits per heavy atom. The molecule has 0 heterocycles. The standard InChI is InChI=1S/C20H29O2.Y/c1-15-2-4-16(5-3-15)17-6-8-18(9-7-17)19-10-12-20(13-11-19)22-14-21;/h2,4-5,17-21H,6-14H2,1H3;/q-1;. The Morgan fingerprint density at radius 3 is 2.13 bits per heavy atom. The topological polar surface area (TPSA) is 29.5 Å². The third-order valence-electron chi connectivity index (χ3n) is 5.93. The van der Waals surface area contributed by atoms with Gasteiger partial charge in [0.05, 0.1) is 6.10 Å². The van der Waals surface area contributed by atoms with E-state index in [1.807, 2.05) is 0 Å². The second-order valence-electron chi connectivity index (χ2n) is 7.25. The first-order valence-electron chi connectivity index (χ1n) is 8.97. The summed E-state index contributed by atoms with van der Waals surface area (Å²) in [5.74, 6) is 2.56. The molecule has 0 bridgehead atoms. The van der Waals surface area contributed by atoms with Crippen LogP contribution in [0.3, 0.4) is 0 Å². The molecule has 0 unspecified atom stereocenters. The molecule has 0 aromatic heterocycles. The summed E-state index contributed by atoms with van der Waals surface area (Å²) in [6, 6.07) is 10.1. The predicted octanol–water partition coefficient (Wildman–Crippen LogP) is 4.59. The Balaban J connectivity index is 0.00000192. The van der Waals surface area contributed by atoms with Gasteiger partial charge in [0.2, 0.25) is 0 Å². The van der Waals surface area contributed by atoms with Crippen molar-refractivity contribution in [2.24, 2.45) is 11.8 Å². The summed E-state index contributed by atoms with van der Waals surface area (Å²) in [4.78, 5) is 0. The maximum Gasteiger partial charge on any atom is 0.143 e. The molecule has 2 saturated carbocycles. The summed E-state index contributed by atoms with van der Waals surface area (Å²) in [5.41, 5.74) is 2.73. The molecule has 1 aromatic rings. The van der Waals surface area contributed by atoms with E-state index in [-0.39, 0.29) is 39.5 Å². The van der Waals surface area contributed by atoms with E-state index < -0.39 is 0 Å². The first-order valence-corrected chi connectivity index (χ1v) is 8.97. The van der Waals surface area contributed by atoms with Gasteiger partial charge in [0, 0.05) is 32.7 Å². The minimum atomic E-state index is -0.117. The van der Waals surface area contributed by atoms with Crippen LogP contribution in [0.4, 0.5) is 0 Å². The molecule has 2 aliphatic rings. The van der Waals surface area contributed by atoms with Crippen molar-refractivity contribution in [3.63, 3.8) is 0 Å². The average Bonchev–Trinajstić information content (AvgIpc) is 2.57. The Labute approximate surface area is 166 Å². The quantitative estimate of drug-likeness (QED) is 0.602. The smallest absolute Gasteiger partial charge is 0.143 e. The van der Waals surface area contributed by atoms with Gasteiger partial charge >= 0.3 is 0 Å². The van der Waals surface area contributed by atoms with Crippen LogP contribution in [0.2, 0.25) is 0 Å². The first kappa shape index (κ1) is 19.6. The fourth-order valence-electron chi connectivity index (χ4n) is 4.52. The fraction of sp³-hybridized carbons (Fsp3) is 0.700. The molecule has 3 heteroatoms. The molecule has 1 N–H and O–H groups in total. The molecular weight excluding hydrogens is 361 g/mol. The monoisotopic (exact) mass is 390 g/mol. The van der Waals surface area contributed by atoms with Crippen LogP contribution in [0.25, 0.3) is 0 Å². The van der Waals surface area contributed by atoms with Crippen LogP contribution in [-0.4, -0.2) is 18.0 Å². The number of hydrogen-bond acceptors (Lipinski definition) is 2. The molecule has 2 fully saturated rings. The number of aliphatic hydroxyl groups excluding tert-OH is 1. The third kappa shape index (κ3) is 5.36. The number of aliphatic hydroxyl groups is 1. The number of aryl methyl sites for hydroxylation is 1. The van der Waals surface area contributed by atoms with Gasteiger partial charge in [-0.2, -0.15) is 35.4 Å². The predicted molar refractivity (Wildman–Crippen MR) is 88.6 cm³/mol. The maximum atomic E-state index is 8.86. The molecule has 0 spiro atoms. The number of ether oxygens (including phenoxy) is 1. The van der Waals surface area contributed by atoms with E-state index in [9.17, 15) is 0 Å². The summed E-state index contributed by atoms with van der Waals surface area (Å²) in [6.45, 7) is 1.99. The zero-order valence-corrected chi connectivity index (χ0v) is 17.2. The number of hydrogen-bond donors (Lipinski definition) is 1. The summed E-state index contributed by atoms with van der Waals surface area (Å²) in [6.07, 6.45) is 10.6. The van der Waals surface area contributed by atoms with Gasteiger partial charge in [0.15, 0.2) is 0 Å². The zero-order chi connectivity index (χ0) is 15.4. The van der Waals surface area contributed by atoms with Gasteiger partial charge in [0.1, 0.15) is 6.79 Å². The van der Waals surface area contributed by atoms with Crippen LogP contribution >= 0.6 is 0 Å². The van der Waals surface area contributed by atoms with E-state index in [1.54, 1.807) is 0 Å². The van der Waals surface area contributed by atoms with E-state index in [2.05, 4.69) is 31.2 Å². The summed E-state index contributed by atoms with van der Waals surface area (Å²) < 4.78 is 5.36. The summed E-state index contributed by atoms with van der Waals surface area (Å²) in [7, 11) is 0. The largest absolute Gasteiger partial charge is 0.371 e. The zero-order valence-electron chi connectivity index (χ0n) is 14.3. The molecule has 2 aliphatic carbocycles. The molecule has 1 radical (unpaired) electrons. The van der Waals surface area contributed by atoms with Gasteiger partial charge in [-0.05, 0) is 37.5 Å². The van der Waals surface area contributed by atoms with Crippen LogP contribution in [0, 0.1) is 24.8 Å². The Hall–Kier alpha value is 0.244. The van der Waals surface area contributed by atoms with Crippen LogP contribution < -0.4 is 0 Å². The Morgan fingerprint density at radius 2 is 1.61 bits per heavy atom. The van der Waals surface area contributed by atoms with E-state index in [0.717, 1.165) is 30.6 Å². The minimum Gasteiger partial charge on any atom is -0.371 e. The number of rotatable bonds is 4. The van der Waals surface area contributed by atoms with E-state index in [4.69, 9.17) is 9.84 Å². The summed E-state index contributed by atoms with van der Waals surface area (Å²) >= 11 is 0. The molecule has 1 aromatic carbocycles. The summed E-state index contributed by atoms with van der Waals surface area (Å²) in [5, 5.41) is 8.86. The molecule has 3 rings (SSSR count). The van der Waals surface area contributed by atoms with Gasteiger partial charge in [-0.25, -0.2) is 0 Å². The van der Waals surface area contributed by atoms with Crippen molar-refractivity contribution < 1.29 is 42.6 Å². The SMILES string of the molecule is Cc1[c-]cc(C2CCC(C3CCC(OCO)CC3)CC2)cc1.[Y]. The average molecular weight is 390 g/mol. The maximum absolute atomic E-state index is 8.86. The van der Waals surface area contributed by atoms with E-state index in [1.165, 1.54) is 49.7 Å². The van der Waals surface area contributed by atoms with Crippen molar-refractivity contribution in [2.75, 3.05) is 6.79 Å². The second kappa shape index (κ2) is 9.66. The van der Waals surface area contributed by atoms with Crippen molar-refractivity contribution in [3.8, 4) is 0 Å². The Bertz CT molecular complexity index is 443. The molecule has 0 aliphatic heterocycles. The van der Waals surface area contributed by atoms with Gasteiger partial charge in [0.25, 0.3) is 0 Å². The third-order valence-corrected chi connectivity index (χ3v) is 5.93. The van der Waals surface area contributed by atoms with Crippen molar-refractivity contribution in [1.29, 1.82) is 0 Å². The minimum absolute atomic E-state index is 0. The molecule has 23 heavy (non-hydrogen) atoms. The van der Waals surface area contributed by atoms with Crippen molar-refractivity contribution in [1.82, 2.24) is 0 Å². The normalized spacial score (nSPS) is 31.4. The van der Waals surface area contributed by atoms with E-state index >= 15 is 0 Å². The van der Waals surface area contributed by atoms with Crippen LogP contribution in [0.5, 0.6) is 0 Å². The molecule has 0 saturated heterocycles. The van der Waals surface area contributed by atoms with Gasteiger partial charge in [-0.3, -0.25) is 0 Å². The second-order valence-corrected chi connectivity index (χ2v) is 7.25. The van der Waals surface area contributed by atoms with Crippen LogP contribution in [-0.2, 0) is 37.4 Å². The van der Waals surface area contributed by atoms with Gasteiger partial charge in [-0.1, -0.05) is 38.5 Å².